The number of nitrogens with two attached hydrogens (primary N) is 1. The summed E-state index contributed by atoms with van der Waals surface area (Å²) in [5.74, 6) is 0.946. The molecule has 0 radical (unpaired) electrons. The first-order chi connectivity index (χ1) is 8.25. The number of nitrogen functional groups attached to an aromatic ring is 1. The summed E-state index contributed by atoms with van der Waals surface area (Å²) in [5.41, 5.74) is 9.41. The highest BCUT2D eigenvalue weighted by molar-refractivity contribution is 5.58. The molecule has 1 aliphatic carbocycles. The number of fused-ring (bicyclic) bond motifs is 1. The summed E-state index contributed by atoms with van der Waals surface area (Å²) >= 11 is 0. The van der Waals surface area contributed by atoms with Crippen molar-refractivity contribution in [2.24, 2.45) is 5.92 Å². The number of hydrogen-bond donors (Lipinski definition) is 1. The van der Waals surface area contributed by atoms with Crippen LogP contribution in [0.15, 0.2) is 18.2 Å². The minimum Gasteiger partial charge on any atom is -0.399 e. The lowest BCUT2D eigenvalue weighted by Crippen LogP contribution is -2.42. The minimum absolute atomic E-state index is 0.798. The summed E-state index contributed by atoms with van der Waals surface area (Å²) in [6.45, 7) is 3.33. The smallest absolute Gasteiger partial charge is 0.0372 e. The van der Waals surface area contributed by atoms with Gasteiger partial charge in [0.2, 0.25) is 0 Å². The molecule has 17 heavy (non-hydrogen) atoms. The van der Waals surface area contributed by atoms with Crippen molar-refractivity contribution in [2.45, 2.75) is 45.1 Å². The zero-order valence-electron chi connectivity index (χ0n) is 10.7. The summed E-state index contributed by atoms with van der Waals surface area (Å²) in [6.07, 6.45) is 7.03. The summed E-state index contributed by atoms with van der Waals surface area (Å²) < 4.78 is 0. The van der Waals surface area contributed by atoms with E-state index in [1.807, 2.05) is 0 Å². The summed E-state index contributed by atoms with van der Waals surface area (Å²) in [7, 11) is 0. The molecule has 1 aromatic rings. The van der Waals surface area contributed by atoms with E-state index in [1.54, 1.807) is 0 Å². The molecule has 1 saturated heterocycles. The van der Waals surface area contributed by atoms with Crippen molar-refractivity contribution in [3.63, 3.8) is 0 Å². The van der Waals surface area contributed by atoms with Gasteiger partial charge in [-0.25, -0.2) is 0 Å². The fourth-order valence-electron chi connectivity index (χ4n) is 3.61. The van der Waals surface area contributed by atoms with Crippen LogP contribution in [0, 0.1) is 12.8 Å². The van der Waals surface area contributed by atoms with Gasteiger partial charge in [0.05, 0.1) is 0 Å². The molecule has 2 fully saturated rings. The lowest BCUT2D eigenvalue weighted by atomic mass is 9.91. The quantitative estimate of drug-likeness (QED) is 0.750. The third-order valence-corrected chi connectivity index (χ3v) is 4.58. The molecule has 2 N–H and O–H groups in total. The van der Waals surface area contributed by atoms with Gasteiger partial charge in [-0.05, 0) is 62.3 Å². The molecule has 0 amide bonds. The standard InChI is InChI=1S/C15H22N2/c1-11-10-13(7-8-14(11)16)17-9-3-5-12-4-2-6-15(12)17/h7-8,10,12,15H,2-6,9,16H2,1H3. The maximum atomic E-state index is 5.91. The molecule has 3 rings (SSSR count). The SMILES string of the molecule is Cc1cc(N2CCCC3CCCC32)ccc1N. The van der Waals surface area contributed by atoms with Gasteiger partial charge in [0.25, 0.3) is 0 Å². The van der Waals surface area contributed by atoms with E-state index in [4.69, 9.17) is 5.73 Å². The van der Waals surface area contributed by atoms with Crippen LogP contribution in [-0.2, 0) is 0 Å². The molecule has 1 saturated carbocycles. The van der Waals surface area contributed by atoms with Gasteiger partial charge in [0.1, 0.15) is 0 Å². The molecule has 0 bridgehead atoms. The molecular formula is C15H22N2. The Morgan fingerprint density at radius 3 is 2.82 bits per heavy atom. The lowest BCUT2D eigenvalue weighted by molar-refractivity contribution is 0.362. The van der Waals surface area contributed by atoms with Crippen molar-refractivity contribution in [1.82, 2.24) is 0 Å². The first-order valence-corrected chi connectivity index (χ1v) is 6.88. The van der Waals surface area contributed by atoms with Crippen LogP contribution in [-0.4, -0.2) is 12.6 Å². The summed E-state index contributed by atoms with van der Waals surface area (Å²) in [4.78, 5) is 2.63. The zero-order valence-corrected chi connectivity index (χ0v) is 10.7. The third-order valence-electron chi connectivity index (χ3n) is 4.58. The molecule has 1 aromatic carbocycles. The van der Waals surface area contributed by atoms with Crippen LogP contribution in [0.1, 0.15) is 37.7 Å². The molecule has 0 aromatic heterocycles. The van der Waals surface area contributed by atoms with Crippen molar-refractivity contribution < 1.29 is 0 Å². The van der Waals surface area contributed by atoms with E-state index >= 15 is 0 Å². The van der Waals surface area contributed by atoms with E-state index in [2.05, 4.69) is 30.0 Å². The predicted molar refractivity (Wildman–Crippen MR) is 73.3 cm³/mol. The molecular weight excluding hydrogens is 208 g/mol. The fraction of sp³-hybridized carbons (Fsp3) is 0.600. The first-order valence-electron chi connectivity index (χ1n) is 6.88. The number of hydrogen-bond acceptors (Lipinski definition) is 2. The monoisotopic (exact) mass is 230 g/mol. The van der Waals surface area contributed by atoms with E-state index in [-0.39, 0.29) is 0 Å². The molecule has 92 valence electrons. The van der Waals surface area contributed by atoms with Gasteiger partial charge in [0.15, 0.2) is 0 Å². The molecule has 2 nitrogen and oxygen atoms in total. The number of aryl methyl sites for hydroxylation is 1. The molecule has 1 heterocycles. The van der Waals surface area contributed by atoms with E-state index in [9.17, 15) is 0 Å². The van der Waals surface area contributed by atoms with Crippen LogP contribution >= 0.6 is 0 Å². The van der Waals surface area contributed by atoms with Gasteiger partial charge >= 0.3 is 0 Å². The maximum absolute atomic E-state index is 5.91. The Hall–Kier alpha value is -1.18. The molecule has 2 aliphatic rings. The normalized spacial score (nSPS) is 28.2. The van der Waals surface area contributed by atoms with E-state index in [1.165, 1.54) is 49.9 Å². The van der Waals surface area contributed by atoms with Gasteiger partial charge < -0.3 is 10.6 Å². The van der Waals surface area contributed by atoms with Crippen LogP contribution in [0.5, 0.6) is 0 Å². The van der Waals surface area contributed by atoms with Crippen LogP contribution in [0.2, 0.25) is 0 Å². The summed E-state index contributed by atoms with van der Waals surface area (Å²) in [5, 5.41) is 0. The predicted octanol–water partition coefficient (Wildman–Crippen LogP) is 3.35. The highest BCUT2D eigenvalue weighted by Crippen LogP contribution is 2.39. The van der Waals surface area contributed by atoms with E-state index in [0.29, 0.717) is 0 Å². The fourth-order valence-corrected chi connectivity index (χ4v) is 3.61. The Labute approximate surface area is 104 Å². The molecule has 0 spiro atoms. The molecule has 2 atom stereocenters. The van der Waals surface area contributed by atoms with Gasteiger partial charge in [-0.3, -0.25) is 0 Å². The minimum atomic E-state index is 0.798. The number of nitrogens with zero attached hydrogens (tertiary/aromatic N) is 1. The highest BCUT2D eigenvalue weighted by Gasteiger charge is 2.34. The number of benzene rings is 1. The lowest BCUT2D eigenvalue weighted by Gasteiger charge is -2.39. The van der Waals surface area contributed by atoms with Crippen molar-refractivity contribution >= 4 is 11.4 Å². The average Bonchev–Trinajstić information content (AvgIpc) is 2.80. The van der Waals surface area contributed by atoms with Gasteiger partial charge in [-0.1, -0.05) is 6.42 Å². The number of piperidine rings is 1. The average molecular weight is 230 g/mol. The summed E-state index contributed by atoms with van der Waals surface area (Å²) in [6, 6.07) is 7.31. The van der Waals surface area contributed by atoms with Crippen molar-refractivity contribution in [1.29, 1.82) is 0 Å². The van der Waals surface area contributed by atoms with E-state index in [0.717, 1.165) is 17.6 Å². The topological polar surface area (TPSA) is 29.3 Å². The van der Waals surface area contributed by atoms with Gasteiger partial charge in [-0.15, -0.1) is 0 Å². The second-order valence-electron chi connectivity index (χ2n) is 5.63. The van der Waals surface area contributed by atoms with Crippen LogP contribution in [0.25, 0.3) is 0 Å². The first kappa shape index (κ1) is 10.9. The van der Waals surface area contributed by atoms with Crippen LogP contribution in [0.4, 0.5) is 11.4 Å². The van der Waals surface area contributed by atoms with Crippen molar-refractivity contribution in [3.8, 4) is 0 Å². The largest absolute Gasteiger partial charge is 0.399 e. The molecule has 1 aliphatic heterocycles. The van der Waals surface area contributed by atoms with Crippen LogP contribution in [0.3, 0.4) is 0 Å². The van der Waals surface area contributed by atoms with Gasteiger partial charge in [0, 0.05) is 24.0 Å². The Balaban J connectivity index is 1.89. The molecule has 2 unspecified atom stereocenters. The Morgan fingerprint density at radius 1 is 1.18 bits per heavy atom. The Bertz CT molecular complexity index is 413. The number of rotatable bonds is 1. The number of anilines is 2. The molecule has 2 heteroatoms. The third kappa shape index (κ3) is 1.90. The second-order valence-corrected chi connectivity index (χ2v) is 5.63. The second kappa shape index (κ2) is 4.25. The Kier molecular flexibility index (Phi) is 2.73. The Morgan fingerprint density at radius 2 is 2.00 bits per heavy atom. The van der Waals surface area contributed by atoms with Crippen molar-refractivity contribution in [3.05, 3.63) is 23.8 Å². The van der Waals surface area contributed by atoms with Gasteiger partial charge in [-0.2, -0.15) is 0 Å². The maximum Gasteiger partial charge on any atom is 0.0372 e. The van der Waals surface area contributed by atoms with Crippen molar-refractivity contribution in [2.75, 3.05) is 17.2 Å². The highest BCUT2D eigenvalue weighted by atomic mass is 15.2. The van der Waals surface area contributed by atoms with Crippen LogP contribution < -0.4 is 10.6 Å². The van der Waals surface area contributed by atoms with E-state index < -0.39 is 0 Å². The zero-order chi connectivity index (χ0) is 11.8.